The Morgan fingerprint density at radius 2 is 1.89 bits per heavy atom. The molecule has 0 spiro atoms. The van der Waals surface area contributed by atoms with Crippen LogP contribution in [-0.2, 0) is 10.3 Å². The van der Waals surface area contributed by atoms with Crippen LogP contribution in [0.5, 0.6) is 0 Å². The summed E-state index contributed by atoms with van der Waals surface area (Å²) in [5.74, 6) is -1.42. The van der Waals surface area contributed by atoms with E-state index in [1.165, 1.54) is 11.9 Å². The third kappa shape index (κ3) is 4.05. The van der Waals surface area contributed by atoms with E-state index in [1.54, 1.807) is 0 Å². The van der Waals surface area contributed by atoms with Gasteiger partial charge in [0.05, 0.1) is 11.3 Å². The molecule has 7 heteroatoms. The predicted octanol–water partition coefficient (Wildman–Crippen LogP) is 4.40. The van der Waals surface area contributed by atoms with Gasteiger partial charge in [-0.1, -0.05) is 30.3 Å². The molecule has 0 aromatic heterocycles. The maximum atomic E-state index is 14.4. The highest BCUT2D eigenvalue weighted by Gasteiger charge is 2.47. The Morgan fingerprint density at radius 1 is 1.21 bits per heavy atom. The van der Waals surface area contributed by atoms with Crippen molar-refractivity contribution < 1.29 is 18.4 Å². The first-order valence-corrected chi connectivity index (χ1v) is 12.4. The van der Waals surface area contributed by atoms with Crippen molar-refractivity contribution in [3.05, 3.63) is 71.3 Å². The molecular formula is C21H24F2N2O2Si. The summed E-state index contributed by atoms with van der Waals surface area (Å²) < 4.78 is 28.1. The standard InChI is InChI=1S/C21H24F2N2O2Si/c1-15(26)25-21(11-12-28(2,3)27,16-7-5-4-6-8-16)14-20(24-25)18-13-17(22)9-10-19(18)23/h4-10,13,27H,11-12,14H2,1-3H3. The van der Waals surface area contributed by atoms with Crippen LogP contribution < -0.4 is 0 Å². The molecule has 0 saturated heterocycles. The average molecular weight is 403 g/mol. The molecule has 3 rings (SSSR count). The third-order valence-corrected chi connectivity index (χ3v) is 6.56. The molecule has 1 aliphatic rings. The largest absolute Gasteiger partial charge is 0.432 e. The third-order valence-electron chi connectivity index (χ3n) is 5.09. The van der Waals surface area contributed by atoms with E-state index in [4.69, 9.17) is 0 Å². The molecule has 1 N–H and O–H groups in total. The van der Waals surface area contributed by atoms with Crippen LogP contribution in [0.25, 0.3) is 0 Å². The number of nitrogens with zero attached hydrogens (tertiary/aromatic N) is 2. The maximum Gasteiger partial charge on any atom is 0.240 e. The van der Waals surface area contributed by atoms with Crippen LogP contribution in [0, 0.1) is 11.6 Å². The normalized spacial score (nSPS) is 19.6. The van der Waals surface area contributed by atoms with Crippen molar-refractivity contribution in [1.82, 2.24) is 5.01 Å². The van der Waals surface area contributed by atoms with Crippen LogP contribution in [0.15, 0.2) is 53.6 Å². The van der Waals surface area contributed by atoms with E-state index in [0.29, 0.717) is 18.2 Å². The van der Waals surface area contributed by atoms with Gasteiger partial charge >= 0.3 is 0 Å². The van der Waals surface area contributed by atoms with Gasteiger partial charge < -0.3 is 4.80 Å². The summed E-state index contributed by atoms with van der Waals surface area (Å²) in [5.41, 5.74) is 0.408. The van der Waals surface area contributed by atoms with E-state index >= 15 is 0 Å². The molecule has 1 atom stereocenters. The average Bonchev–Trinajstić information content (AvgIpc) is 3.03. The first-order valence-electron chi connectivity index (χ1n) is 9.24. The van der Waals surface area contributed by atoms with Gasteiger partial charge in [0.15, 0.2) is 8.32 Å². The zero-order chi connectivity index (χ0) is 20.5. The molecule has 0 bridgehead atoms. The second-order valence-electron chi connectivity index (χ2n) is 7.89. The van der Waals surface area contributed by atoms with Crippen molar-refractivity contribution in [3.8, 4) is 0 Å². The van der Waals surface area contributed by atoms with Crippen LogP contribution in [0.4, 0.5) is 8.78 Å². The molecule has 0 saturated carbocycles. The van der Waals surface area contributed by atoms with Crippen LogP contribution in [-0.4, -0.2) is 29.7 Å². The number of rotatable bonds is 5. The van der Waals surface area contributed by atoms with Gasteiger partial charge in [-0.15, -0.1) is 0 Å². The highest BCUT2D eigenvalue weighted by Crippen LogP contribution is 2.44. The summed E-state index contributed by atoms with van der Waals surface area (Å²) in [5, 5.41) is 5.80. The van der Waals surface area contributed by atoms with Crippen LogP contribution in [0.3, 0.4) is 0 Å². The number of carbonyl (C=O) groups excluding carboxylic acids is 1. The summed E-state index contributed by atoms with van der Waals surface area (Å²) in [6.45, 7) is 5.09. The maximum absolute atomic E-state index is 14.4. The minimum absolute atomic E-state index is 0.0598. The lowest BCUT2D eigenvalue weighted by atomic mass is 9.81. The number of halogens is 2. The summed E-state index contributed by atoms with van der Waals surface area (Å²) in [7, 11) is -2.41. The summed E-state index contributed by atoms with van der Waals surface area (Å²) in [4.78, 5) is 22.9. The molecule has 1 heterocycles. The minimum atomic E-state index is -2.41. The van der Waals surface area contributed by atoms with Gasteiger partial charge in [-0.2, -0.15) is 5.10 Å². The van der Waals surface area contributed by atoms with Gasteiger partial charge in [0.1, 0.15) is 11.6 Å². The Kier molecular flexibility index (Phi) is 5.50. The van der Waals surface area contributed by atoms with Crippen LogP contribution >= 0.6 is 0 Å². The lowest BCUT2D eigenvalue weighted by molar-refractivity contribution is -0.134. The number of carbonyl (C=O) groups is 1. The topological polar surface area (TPSA) is 52.9 Å². The van der Waals surface area contributed by atoms with Gasteiger partial charge in [-0.05, 0) is 49.3 Å². The lowest BCUT2D eigenvalue weighted by Gasteiger charge is -2.37. The van der Waals surface area contributed by atoms with E-state index < -0.39 is 25.5 Å². The minimum Gasteiger partial charge on any atom is -0.432 e. The summed E-state index contributed by atoms with van der Waals surface area (Å²) in [6.07, 6.45) is 0.734. The highest BCUT2D eigenvalue weighted by molar-refractivity contribution is 6.69. The number of hydrogen-bond acceptors (Lipinski definition) is 3. The van der Waals surface area contributed by atoms with Crippen LogP contribution in [0.1, 0.15) is 30.9 Å². The Balaban J connectivity index is 2.11. The molecule has 2 aromatic rings. The Labute approximate surface area is 164 Å². The van der Waals surface area contributed by atoms with Crippen molar-refractivity contribution in [3.63, 3.8) is 0 Å². The number of hydrogen-bond donors (Lipinski definition) is 1. The molecular weight excluding hydrogens is 378 g/mol. The van der Waals surface area contributed by atoms with Gasteiger partial charge in [0.2, 0.25) is 5.91 Å². The van der Waals surface area contributed by atoms with E-state index in [1.807, 2.05) is 43.4 Å². The summed E-state index contributed by atoms with van der Waals surface area (Å²) >= 11 is 0. The first-order chi connectivity index (χ1) is 13.1. The van der Waals surface area contributed by atoms with Crippen molar-refractivity contribution >= 4 is 19.9 Å². The second-order valence-corrected chi connectivity index (χ2v) is 12.0. The molecule has 0 aliphatic carbocycles. The molecule has 0 radical (unpaired) electrons. The van der Waals surface area contributed by atoms with Gasteiger partial charge in [0, 0.05) is 18.9 Å². The van der Waals surface area contributed by atoms with E-state index in [0.717, 1.165) is 23.8 Å². The van der Waals surface area contributed by atoms with E-state index in [9.17, 15) is 18.4 Å². The second kappa shape index (κ2) is 7.56. The van der Waals surface area contributed by atoms with E-state index in [2.05, 4.69) is 5.10 Å². The predicted molar refractivity (Wildman–Crippen MR) is 107 cm³/mol. The molecule has 1 unspecified atom stereocenters. The molecule has 148 valence electrons. The van der Waals surface area contributed by atoms with Crippen molar-refractivity contribution in [2.75, 3.05) is 0 Å². The fourth-order valence-electron chi connectivity index (χ4n) is 3.67. The zero-order valence-corrected chi connectivity index (χ0v) is 17.2. The van der Waals surface area contributed by atoms with E-state index in [-0.39, 0.29) is 17.9 Å². The first kappa shape index (κ1) is 20.4. The van der Waals surface area contributed by atoms with Crippen molar-refractivity contribution in [2.24, 2.45) is 5.10 Å². The fourth-order valence-corrected chi connectivity index (χ4v) is 4.69. The fraction of sp³-hybridized carbons (Fsp3) is 0.333. The van der Waals surface area contributed by atoms with Gasteiger partial charge in [-0.25, -0.2) is 13.8 Å². The Morgan fingerprint density at radius 3 is 2.50 bits per heavy atom. The van der Waals surface area contributed by atoms with Gasteiger partial charge in [-0.3, -0.25) is 4.79 Å². The number of amides is 1. The van der Waals surface area contributed by atoms with Crippen molar-refractivity contribution in [2.45, 2.75) is 44.4 Å². The molecule has 1 amide bonds. The molecule has 2 aromatic carbocycles. The highest BCUT2D eigenvalue weighted by atomic mass is 28.4. The Hall–Kier alpha value is -2.38. The SMILES string of the molecule is CC(=O)N1N=C(c2cc(F)ccc2F)CC1(CC[Si](C)(C)O)c1ccccc1. The number of hydrazone groups is 1. The molecule has 0 fully saturated rings. The Bertz CT molecular complexity index is 912. The molecule has 28 heavy (non-hydrogen) atoms. The monoisotopic (exact) mass is 402 g/mol. The number of benzene rings is 2. The van der Waals surface area contributed by atoms with Gasteiger partial charge in [0.25, 0.3) is 0 Å². The zero-order valence-electron chi connectivity index (χ0n) is 16.2. The lowest BCUT2D eigenvalue weighted by Crippen LogP contribution is -2.44. The van der Waals surface area contributed by atoms with Crippen molar-refractivity contribution in [1.29, 1.82) is 0 Å². The molecule has 1 aliphatic heterocycles. The molecule has 4 nitrogen and oxygen atoms in total. The smallest absolute Gasteiger partial charge is 0.240 e. The quantitative estimate of drug-likeness (QED) is 0.754. The summed E-state index contributed by atoms with van der Waals surface area (Å²) in [6, 6.07) is 13.2. The van der Waals surface area contributed by atoms with Crippen LogP contribution in [0.2, 0.25) is 19.1 Å².